The number of aromatic nitrogens is 4. The maximum absolute atomic E-state index is 5.23. The van der Waals surface area contributed by atoms with Crippen LogP contribution >= 0.6 is 22.6 Å². The molecule has 0 spiro atoms. The van der Waals surface area contributed by atoms with Crippen molar-refractivity contribution >= 4 is 28.4 Å². The Hall–Kier alpha value is -1.22. The molecule has 0 aliphatic heterocycles. The average molecular weight is 302 g/mol. The molecule has 72 valence electrons. The van der Waals surface area contributed by atoms with Crippen LogP contribution in [0.3, 0.4) is 0 Å². The standard InChI is InChI=1S/C7H7IN6/c8-5-2-12-14(3-5)7-1-6(13-9)10-4-11-7/h1-4H,9H2,(H,10,11,13). The highest BCUT2D eigenvalue weighted by molar-refractivity contribution is 14.1. The van der Waals surface area contributed by atoms with E-state index in [2.05, 4.69) is 43.1 Å². The van der Waals surface area contributed by atoms with Crippen molar-refractivity contribution in [3.05, 3.63) is 28.4 Å². The first-order valence-electron chi connectivity index (χ1n) is 3.79. The van der Waals surface area contributed by atoms with Crippen molar-refractivity contribution in [2.45, 2.75) is 0 Å². The Kier molecular flexibility index (Phi) is 2.59. The zero-order chi connectivity index (χ0) is 9.97. The van der Waals surface area contributed by atoms with Crippen LogP contribution in [0.5, 0.6) is 0 Å². The smallest absolute Gasteiger partial charge is 0.158 e. The highest BCUT2D eigenvalue weighted by atomic mass is 127. The monoisotopic (exact) mass is 302 g/mol. The Bertz CT molecular complexity index is 439. The topological polar surface area (TPSA) is 81.6 Å². The van der Waals surface area contributed by atoms with Crippen molar-refractivity contribution in [3.8, 4) is 5.82 Å². The second-order valence-corrected chi connectivity index (χ2v) is 3.75. The quantitative estimate of drug-likeness (QED) is 0.481. The van der Waals surface area contributed by atoms with Gasteiger partial charge in [0, 0.05) is 12.3 Å². The van der Waals surface area contributed by atoms with E-state index >= 15 is 0 Å². The Morgan fingerprint density at radius 3 is 2.93 bits per heavy atom. The summed E-state index contributed by atoms with van der Waals surface area (Å²) in [6, 6.07) is 1.71. The van der Waals surface area contributed by atoms with E-state index in [-0.39, 0.29) is 0 Å². The summed E-state index contributed by atoms with van der Waals surface area (Å²) < 4.78 is 2.70. The van der Waals surface area contributed by atoms with Gasteiger partial charge in [-0.15, -0.1) is 0 Å². The van der Waals surface area contributed by atoms with Gasteiger partial charge in [0.15, 0.2) is 5.82 Å². The molecule has 14 heavy (non-hydrogen) atoms. The predicted octanol–water partition coefficient (Wildman–Crippen LogP) is 0.553. The lowest BCUT2D eigenvalue weighted by Gasteiger charge is -2.01. The van der Waals surface area contributed by atoms with Gasteiger partial charge in [0.25, 0.3) is 0 Å². The van der Waals surface area contributed by atoms with Crippen LogP contribution in [0.15, 0.2) is 24.8 Å². The van der Waals surface area contributed by atoms with Gasteiger partial charge in [-0.3, -0.25) is 0 Å². The van der Waals surface area contributed by atoms with Gasteiger partial charge in [-0.1, -0.05) is 0 Å². The largest absolute Gasteiger partial charge is 0.308 e. The molecular weight excluding hydrogens is 295 g/mol. The van der Waals surface area contributed by atoms with E-state index in [0.717, 1.165) is 3.57 Å². The number of anilines is 1. The molecule has 6 nitrogen and oxygen atoms in total. The number of hydrazine groups is 1. The summed E-state index contributed by atoms with van der Waals surface area (Å²) in [7, 11) is 0. The van der Waals surface area contributed by atoms with E-state index in [4.69, 9.17) is 5.84 Å². The number of nitrogens with one attached hydrogen (secondary N) is 1. The fourth-order valence-electron chi connectivity index (χ4n) is 0.977. The van der Waals surface area contributed by atoms with Gasteiger partial charge in [-0.25, -0.2) is 20.5 Å². The zero-order valence-electron chi connectivity index (χ0n) is 7.05. The molecule has 2 heterocycles. The third-order valence-corrected chi connectivity index (χ3v) is 2.14. The van der Waals surface area contributed by atoms with Crippen LogP contribution in [0.4, 0.5) is 5.82 Å². The molecule has 2 aromatic rings. The van der Waals surface area contributed by atoms with Crippen LogP contribution in [-0.2, 0) is 0 Å². The molecule has 0 bridgehead atoms. The summed E-state index contributed by atoms with van der Waals surface area (Å²) in [6.45, 7) is 0. The molecule has 0 radical (unpaired) electrons. The number of nitrogen functional groups attached to an aromatic ring is 1. The van der Waals surface area contributed by atoms with Crippen molar-refractivity contribution in [3.63, 3.8) is 0 Å². The van der Waals surface area contributed by atoms with E-state index in [1.54, 1.807) is 16.9 Å². The molecule has 0 saturated heterocycles. The second kappa shape index (κ2) is 3.88. The highest BCUT2D eigenvalue weighted by Crippen LogP contribution is 2.09. The van der Waals surface area contributed by atoms with Crippen molar-refractivity contribution in [2.75, 3.05) is 5.43 Å². The lowest BCUT2D eigenvalue weighted by atomic mass is 10.5. The van der Waals surface area contributed by atoms with Gasteiger partial charge in [0.1, 0.15) is 12.1 Å². The molecule has 0 aromatic carbocycles. The lowest BCUT2D eigenvalue weighted by Crippen LogP contribution is -2.10. The first kappa shape index (κ1) is 9.34. The van der Waals surface area contributed by atoms with Crippen molar-refractivity contribution in [1.29, 1.82) is 0 Å². The van der Waals surface area contributed by atoms with Crippen LogP contribution in [0.1, 0.15) is 0 Å². The molecular formula is C7H7IN6. The SMILES string of the molecule is NNc1cc(-n2cc(I)cn2)ncn1. The van der Waals surface area contributed by atoms with Crippen LogP contribution in [0.2, 0.25) is 0 Å². The van der Waals surface area contributed by atoms with Crippen LogP contribution in [0, 0.1) is 3.57 Å². The second-order valence-electron chi connectivity index (χ2n) is 2.51. The predicted molar refractivity (Wildman–Crippen MR) is 59.7 cm³/mol. The van der Waals surface area contributed by atoms with E-state index in [1.165, 1.54) is 6.33 Å². The number of nitrogens with zero attached hydrogens (tertiary/aromatic N) is 4. The van der Waals surface area contributed by atoms with E-state index in [9.17, 15) is 0 Å². The molecule has 0 atom stereocenters. The Balaban J connectivity index is 2.41. The summed E-state index contributed by atoms with van der Waals surface area (Å²) in [6.07, 6.45) is 5.04. The fraction of sp³-hybridized carbons (Fsp3) is 0. The van der Waals surface area contributed by atoms with Crippen molar-refractivity contribution < 1.29 is 0 Å². The minimum Gasteiger partial charge on any atom is -0.308 e. The van der Waals surface area contributed by atoms with Crippen molar-refractivity contribution in [2.24, 2.45) is 5.84 Å². The Morgan fingerprint density at radius 2 is 2.29 bits per heavy atom. The normalized spacial score (nSPS) is 10.1. The first-order chi connectivity index (χ1) is 6.79. The number of nitrogens with two attached hydrogens (primary N) is 1. The summed E-state index contributed by atoms with van der Waals surface area (Å²) in [4.78, 5) is 7.96. The van der Waals surface area contributed by atoms with Crippen LogP contribution in [-0.4, -0.2) is 19.7 Å². The van der Waals surface area contributed by atoms with Crippen LogP contribution < -0.4 is 11.3 Å². The number of rotatable bonds is 2. The number of hydrogen-bond donors (Lipinski definition) is 2. The maximum Gasteiger partial charge on any atom is 0.158 e. The van der Waals surface area contributed by atoms with Gasteiger partial charge < -0.3 is 5.43 Å². The number of halogens is 1. The third-order valence-electron chi connectivity index (χ3n) is 1.59. The average Bonchev–Trinajstić information content (AvgIpc) is 2.65. The van der Waals surface area contributed by atoms with Crippen LogP contribution in [0.25, 0.3) is 5.82 Å². The van der Waals surface area contributed by atoms with Gasteiger partial charge in [0.05, 0.1) is 9.77 Å². The molecule has 7 heteroatoms. The summed E-state index contributed by atoms with van der Waals surface area (Å²) in [5.74, 6) is 6.46. The van der Waals surface area contributed by atoms with Gasteiger partial charge in [-0.05, 0) is 22.6 Å². The molecule has 3 N–H and O–H groups in total. The molecule has 0 unspecified atom stereocenters. The number of hydrogen-bond acceptors (Lipinski definition) is 5. The van der Waals surface area contributed by atoms with Gasteiger partial charge in [0.2, 0.25) is 0 Å². The molecule has 0 aliphatic rings. The van der Waals surface area contributed by atoms with Gasteiger partial charge >= 0.3 is 0 Å². The molecule has 0 saturated carbocycles. The van der Waals surface area contributed by atoms with E-state index in [1.807, 2.05) is 6.20 Å². The molecule has 0 aliphatic carbocycles. The molecule has 0 fully saturated rings. The lowest BCUT2D eigenvalue weighted by molar-refractivity contribution is 0.839. The minimum absolute atomic E-state index is 0.556. The minimum atomic E-state index is 0.556. The zero-order valence-corrected chi connectivity index (χ0v) is 9.21. The summed E-state index contributed by atoms with van der Waals surface area (Å²) in [5.41, 5.74) is 2.45. The van der Waals surface area contributed by atoms with E-state index < -0.39 is 0 Å². The fourth-order valence-corrected chi connectivity index (χ4v) is 1.37. The Labute approximate surface area is 93.7 Å². The maximum atomic E-state index is 5.23. The first-order valence-corrected chi connectivity index (χ1v) is 4.86. The molecule has 2 aromatic heterocycles. The van der Waals surface area contributed by atoms with E-state index in [0.29, 0.717) is 11.6 Å². The van der Waals surface area contributed by atoms with Crippen molar-refractivity contribution in [1.82, 2.24) is 19.7 Å². The Morgan fingerprint density at radius 1 is 1.43 bits per heavy atom. The molecule has 0 amide bonds. The summed E-state index contributed by atoms with van der Waals surface area (Å²) in [5, 5.41) is 4.11. The van der Waals surface area contributed by atoms with Gasteiger partial charge in [-0.2, -0.15) is 5.10 Å². The summed E-state index contributed by atoms with van der Waals surface area (Å²) >= 11 is 2.18. The highest BCUT2D eigenvalue weighted by Gasteiger charge is 2.01. The third kappa shape index (κ3) is 1.82. The molecule has 2 rings (SSSR count).